The number of hydrogen-bond acceptors (Lipinski definition) is 5. The van der Waals surface area contributed by atoms with Gasteiger partial charge >= 0.3 is 0 Å². The van der Waals surface area contributed by atoms with Gasteiger partial charge in [0, 0.05) is 25.8 Å². The quantitative estimate of drug-likeness (QED) is 0.892. The van der Waals surface area contributed by atoms with Crippen molar-refractivity contribution in [3.05, 3.63) is 47.5 Å². The molecule has 0 aliphatic carbocycles. The van der Waals surface area contributed by atoms with Crippen LogP contribution in [0.15, 0.2) is 36.4 Å². The molecule has 2 aromatic carbocycles. The summed E-state index contributed by atoms with van der Waals surface area (Å²) in [7, 11) is 5.11. The van der Waals surface area contributed by atoms with Crippen molar-refractivity contribution in [2.24, 2.45) is 0 Å². The summed E-state index contributed by atoms with van der Waals surface area (Å²) >= 11 is 0. The van der Waals surface area contributed by atoms with Gasteiger partial charge in [0.1, 0.15) is 5.75 Å². The van der Waals surface area contributed by atoms with E-state index < -0.39 is 0 Å². The van der Waals surface area contributed by atoms with Crippen LogP contribution in [0.5, 0.6) is 17.2 Å². The van der Waals surface area contributed by atoms with Gasteiger partial charge in [-0.2, -0.15) is 0 Å². The summed E-state index contributed by atoms with van der Waals surface area (Å²) in [6.45, 7) is 1.54. The SMILES string of the molecule is COc1cc2c(cc1OC)CN(C(=O)CN(C)c1ccc(O)cc1)CC2. The monoisotopic (exact) mass is 356 g/mol. The third kappa shape index (κ3) is 3.69. The van der Waals surface area contributed by atoms with E-state index in [0.29, 0.717) is 18.8 Å². The van der Waals surface area contributed by atoms with Gasteiger partial charge in [-0.05, 0) is 53.9 Å². The van der Waals surface area contributed by atoms with Gasteiger partial charge in [0.2, 0.25) is 5.91 Å². The minimum absolute atomic E-state index is 0.0704. The summed E-state index contributed by atoms with van der Waals surface area (Å²) in [5.74, 6) is 1.69. The molecule has 1 aliphatic heterocycles. The Labute approximate surface area is 153 Å². The normalized spacial score (nSPS) is 13.1. The van der Waals surface area contributed by atoms with Gasteiger partial charge in [-0.3, -0.25) is 4.79 Å². The maximum absolute atomic E-state index is 12.7. The van der Waals surface area contributed by atoms with E-state index in [4.69, 9.17) is 9.47 Å². The van der Waals surface area contributed by atoms with Crippen molar-refractivity contribution < 1.29 is 19.4 Å². The van der Waals surface area contributed by atoms with Crippen molar-refractivity contribution in [3.8, 4) is 17.2 Å². The topological polar surface area (TPSA) is 62.2 Å². The summed E-state index contributed by atoms with van der Waals surface area (Å²) in [5, 5.41) is 9.38. The van der Waals surface area contributed by atoms with E-state index in [-0.39, 0.29) is 18.2 Å². The zero-order valence-electron chi connectivity index (χ0n) is 15.4. The highest BCUT2D eigenvalue weighted by Crippen LogP contribution is 2.33. The molecular formula is C20H24N2O4. The number of likely N-dealkylation sites (N-methyl/N-ethyl adjacent to an activating group) is 1. The molecule has 26 heavy (non-hydrogen) atoms. The Morgan fingerprint density at radius 3 is 2.35 bits per heavy atom. The number of hydrogen-bond donors (Lipinski definition) is 1. The van der Waals surface area contributed by atoms with Crippen LogP contribution in [0.25, 0.3) is 0 Å². The number of carbonyl (C=O) groups excluding carboxylic acids is 1. The van der Waals surface area contributed by atoms with Crippen molar-refractivity contribution in [1.29, 1.82) is 0 Å². The predicted molar refractivity (Wildman–Crippen MR) is 100 cm³/mol. The fourth-order valence-corrected chi connectivity index (χ4v) is 3.20. The fraction of sp³-hybridized carbons (Fsp3) is 0.350. The van der Waals surface area contributed by atoms with Crippen molar-refractivity contribution in [2.75, 3.05) is 39.3 Å². The minimum atomic E-state index is 0.0704. The Kier molecular flexibility index (Phi) is 5.21. The van der Waals surface area contributed by atoms with Crippen LogP contribution in [0.2, 0.25) is 0 Å². The van der Waals surface area contributed by atoms with Gasteiger partial charge in [-0.15, -0.1) is 0 Å². The van der Waals surface area contributed by atoms with Gasteiger partial charge in [-0.25, -0.2) is 0 Å². The van der Waals surface area contributed by atoms with Crippen LogP contribution in [-0.2, 0) is 17.8 Å². The molecule has 6 nitrogen and oxygen atoms in total. The van der Waals surface area contributed by atoms with Gasteiger partial charge < -0.3 is 24.4 Å². The van der Waals surface area contributed by atoms with Gasteiger partial charge in [0.05, 0.1) is 20.8 Å². The first-order valence-electron chi connectivity index (χ1n) is 8.53. The fourth-order valence-electron chi connectivity index (χ4n) is 3.20. The number of carbonyl (C=O) groups is 1. The second kappa shape index (κ2) is 7.56. The summed E-state index contributed by atoms with van der Waals surface area (Å²) in [6, 6.07) is 10.8. The highest BCUT2D eigenvalue weighted by Gasteiger charge is 2.23. The van der Waals surface area contributed by atoms with Gasteiger partial charge in [0.25, 0.3) is 0 Å². The average Bonchev–Trinajstić information content (AvgIpc) is 2.66. The number of ether oxygens (including phenoxy) is 2. The number of benzene rings is 2. The smallest absolute Gasteiger partial charge is 0.242 e. The lowest BCUT2D eigenvalue weighted by molar-refractivity contribution is -0.130. The second-order valence-corrected chi connectivity index (χ2v) is 6.41. The molecule has 1 amide bonds. The van der Waals surface area contributed by atoms with E-state index in [9.17, 15) is 9.90 Å². The summed E-state index contributed by atoms with van der Waals surface area (Å²) in [5.41, 5.74) is 3.17. The van der Waals surface area contributed by atoms with Crippen LogP contribution in [0, 0.1) is 0 Å². The lowest BCUT2D eigenvalue weighted by atomic mass is 9.98. The van der Waals surface area contributed by atoms with Crippen LogP contribution in [-0.4, -0.2) is 50.3 Å². The zero-order valence-corrected chi connectivity index (χ0v) is 15.4. The maximum atomic E-state index is 12.7. The number of phenols is 1. The highest BCUT2D eigenvalue weighted by molar-refractivity contribution is 5.81. The van der Waals surface area contributed by atoms with Crippen molar-refractivity contribution >= 4 is 11.6 Å². The number of nitrogens with zero attached hydrogens (tertiary/aromatic N) is 2. The summed E-state index contributed by atoms with van der Waals surface area (Å²) in [6.07, 6.45) is 0.796. The molecule has 0 saturated carbocycles. The number of rotatable bonds is 5. The molecule has 0 bridgehead atoms. The molecule has 0 atom stereocenters. The first-order valence-corrected chi connectivity index (χ1v) is 8.53. The molecule has 3 rings (SSSR count). The second-order valence-electron chi connectivity index (χ2n) is 6.41. The van der Waals surface area contributed by atoms with Crippen LogP contribution in [0.3, 0.4) is 0 Å². The molecule has 6 heteroatoms. The number of methoxy groups -OCH3 is 2. The molecule has 138 valence electrons. The van der Waals surface area contributed by atoms with Crippen LogP contribution in [0.1, 0.15) is 11.1 Å². The molecule has 0 radical (unpaired) electrons. The first kappa shape index (κ1) is 17.9. The minimum Gasteiger partial charge on any atom is -0.508 e. The number of anilines is 1. The van der Waals surface area contributed by atoms with E-state index in [1.807, 2.05) is 29.0 Å². The average molecular weight is 356 g/mol. The molecule has 2 aromatic rings. The van der Waals surface area contributed by atoms with Crippen LogP contribution in [0.4, 0.5) is 5.69 Å². The zero-order chi connectivity index (χ0) is 18.7. The standard InChI is InChI=1S/C20H24N2O4/c1-21(16-4-6-17(23)7-5-16)13-20(24)22-9-8-14-10-18(25-2)19(26-3)11-15(14)12-22/h4-7,10-11,23H,8-9,12-13H2,1-3H3. The Hall–Kier alpha value is -2.89. The van der Waals surface area contributed by atoms with E-state index in [0.717, 1.165) is 23.4 Å². The number of amides is 1. The van der Waals surface area contributed by atoms with E-state index in [2.05, 4.69) is 0 Å². The van der Waals surface area contributed by atoms with Crippen LogP contribution >= 0.6 is 0 Å². The van der Waals surface area contributed by atoms with Gasteiger partial charge in [0.15, 0.2) is 11.5 Å². The van der Waals surface area contributed by atoms with E-state index in [1.54, 1.807) is 38.5 Å². The molecule has 1 heterocycles. The molecule has 0 unspecified atom stereocenters. The Morgan fingerprint density at radius 1 is 1.12 bits per heavy atom. The third-order valence-corrected chi connectivity index (χ3v) is 4.73. The lowest BCUT2D eigenvalue weighted by Crippen LogP contribution is -2.41. The molecular weight excluding hydrogens is 332 g/mol. The number of phenolic OH excluding ortho intramolecular Hbond substituents is 1. The largest absolute Gasteiger partial charge is 0.508 e. The number of aromatic hydroxyl groups is 1. The molecule has 0 spiro atoms. The maximum Gasteiger partial charge on any atom is 0.242 e. The predicted octanol–water partition coefficient (Wildman–Crippen LogP) is 2.43. The van der Waals surface area contributed by atoms with Crippen molar-refractivity contribution in [3.63, 3.8) is 0 Å². The van der Waals surface area contributed by atoms with E-state index in [1.165, 1.54) is 5.56 Å². The van der Waals surface area contributed by atoms with Crippen molar-refractivity contribution in [1.82, 2.24) is 4.90 Å². The molecule has 0 saturated heterocycles. The molecule has 0 fully saturated rings. The first-order chi connectivity index (χ1) is 12.5. The highest BCUT2D eigenvalue weighted by atomic mass is 16.5. The summed E-state index contributed by atoms with van der Waals surface area (Å²) in [4.78, 5) is 16.5. The molecule has 1 N–H and O–H groups in total. The Balaban J connectivity index is 1.69. The third-order valence-electron chi connectivity index (χ3n) is 4.73. The Morgan fingerprint density at radius 2 is 1.73 bits per heavy atom. The molecule has 0 aromatic heterocycles. The van der Waals surface area contributed by atoms with E-state index >= 15 is 0 Å². The Bertz CT molecular complexity index is 789. The molecule has 1 aliphatic rings. The summed E-state index contributed by atoms with van der Waals surface area (Å²) < 4.78 is 10.7. The number of fused-ring (bicyclic) bond motifs is 1. The lowest BCUT2D eigenvalue weighted by Gasteiger charge is -2.31. The van der Waals surface area contributed by atoms with Crippen LogP contribution < -0.4 is 14.4 Å². The van der Waals surface area contributed by atoms with Crippen molar-refractivity contribution in [2.45, 2.75) is 13.0 Å². The van der Waals surface area contributed by atoms with Gasteiger partial charge in [-0.1, -0.05) is 0 Å².